The predicted octanol–water partition coefficient (Wildman–Crippen LogP) is 0.961. The number of ether oxygens (including phenoxy) is 4. The average Bonchev–Trinajstić information content (AvgIpc) is 2.42. The van der Waals surface area contributed by atoms with Gasteiger partial charge in [-0.15, -0.1) is 12.2 Å². The van der Waals surface area contributed by atoms with Crippen molar-refractivity contribution in [3.05, 3.63) is 47.5 Å². The molecule has 1 radical (unpaired) electrons. The third-order valence-electron chi connectivity index (χ3n) is 2.68. The molecule has 2 aliphatic rings. The summed E-state index contributed by atoms with van der Waals surface area (Å²) in [6.45, 7) is 2.87. The SMILES string of the molecule is CC1OC(=O)C(=CC=[C-]C=CC2=C(O)OC(C)OC2=O)C(=O)O1.[Y]. The molecule has 1 N–H and O–H groups in total. The normalized spacial score (nSPS) is 24.2. The van der Waals surface area contributed by atoms with Crippen molar-refractivity contribution in [3.63, 3.8) is 0 Å². The zero-order valence-electron chi connectivity index (χ0n) is 12.8. The maximum absolute atomic E-state index is 11.5. The van der Waals surface area contributed by atoms with Crippen LogP contribution in [0.5, 0.6) is 0 Å². The molecule has 0 saturated carbocycles. The smallest absolute Gasteiger partial charge is 0.336 e. The fraction of sp³-hybridized carbons (Fsp3) is 0.267. The first-order valence-electron chi connectivity index (χ1n) is 6.57. The largest absolute Gasteiger partial charge is 0.481 e. The maximum atomic E-state index is 11.5. The monoisotopic (exact) mass is 410 g/mol. The van der Waals surface area contributed by atoms with Gasteiger partial charge in [0.05, 0.1) is 11.1 Å². The minimum absolute atomic E-state index is 0. The number of carbonyl (C=O) groups excluding carboxylic acids is 3. The van der Waals surface area contributed by atoms with Crippen molar-refractivity contribution >= 4 is 17.9 Å². The molecule has 0 aromatic carbocycles. The number of hydrogen-bond donors (Lipinski definition) is 1. The average molecular weight is 410 g/mol. The summed E-state index contributed by atoms with van der Waals surface area (Å²) in [4.78, 5) is 34.4. The van der Waals surface area contributed by atoms with E-state index in [1.807, 2.05) is 0 Å². The van der Waals surface area contributed by atoms with Gasteiger partial charge in [-0.25, -0.2) is 14.4 Å². The second-order valence-corrected chi connectivity index (χ2v) is 4.43. The Bertz CT molecular complexity index is 638. The van der Waals surface area contributed by atoms with Gasteiger partial charge in [0, 0.05) is 46.6 Å². The Hall–Kier alpha value is -1.93. The summed E-state index contributed by atoms with van der Waals surface area (Å²) in [5.41, 5.74) is -0.456. The Labute approximate surface area is 162 Å². The number of aliphatic hydroxyl groups is 1. The molecule has 0 spiro atoms. The van der Waals surface area contributed by atoms with Gasteiger partial charge in [-0.1, -0.05) is 0 Å². The molecule has 9 heteroatoms. The summed E-state index contributed by atoms with van der Waals surface area (Å²) in [5, 5.41) is 9.50. The van der Waals surface area contributed by atoms with Crippen LogP contribution in [0.4, 0.5) is 0 Å². The minimum atomic E-state index is -0.922. The first kappa shape index (κ1) is 20.1. The van der Waals surface area contributed by atoms with E-state index in [9.17, 15) is 19.5 Å². The summed E-state index contributed by atoms with van der Waals surface area (Å²) in [6.07, 6.45) is 5.68. The van der Waals surface area contributed by atoms with Gasteiger partial charge in [0.25, 0.3) is 5.95 Å². The fourth-order valence-corrected chi connectivity index (χ4v) is 1.68. The molecule has 2 rings (SSSR count). The standard InChI is InChI=1S/C15H13O8.Y/c1-8-20-12(16)10(13(17)21-8)6-4-3-5-7-11-14(18)22-9(2)23-15(11)19;/h4-9,16H,1-2H3;/q-1;. The number of hydrogen-bond acceptors (Lipinski definition) is 8. The Morgan fingerprint density at radius 1 is 0.958 bits per heavy atom. The van der Waals surface area contributed by atoms with Gasteiger partial charge >= 0.3 is 17.9 Å². The molecule has 8 nitrogen and oxygen atoms in total. The van der Waals surface area contributed by atoms with E-state index in [0.717, 1.165) is 6.08 Å². The predicted molar refractivity (Wildman–Crippen MR) is 73.0 cm³/mol. The summed E-state index contributed by atoms with van der Waals surface area (Å²) >= 11 is 0. The second kappa shape index (κ2) is 8.79. The van der Waals surface area contributed by atoms with Crippen LogP contribution in [0, 0.1) is 6.08 Å². The van der Waals surface area contributed by atoms with Crippen molar-refractivity contribution in [1.82, 2.24) is 0 Å². The molecule has 0 aromatic rings. The van der Waals surface area contributed by atoms with Gasteiger partial charge in [0.2, 0.25) is 12.6 Å². The van der Waals surface area contributed by atoms with Gasteiger partial charge in [-0.3, -0.25) is 0 Å². The zero-order chi connectivity index (χ0) is 17.0. The molecule has 2 heterocycles. The van der Waals surface area contributed by atoms with Crippen LogP contribution in [0.1, 0.15) is 13.8 Å². The molecule has 24 heavy (non-hydrogen) atoms. The van der Waals surface area contributed by atoms with E-state index in [-0.39, 0.29) is 43.9 Å². The topological polar surface area (TPSA) is 108 Å². The molecular weight excluding hydrogens is 397 g/mol. The van der Waals surface area contributed by atoms with E-state index in [2.05, 4.69) is 6.08 Å². The second-order valence-electron chi connectivity index (χ2n) is 4.43. The van der Waals surface area contributed by atoms with Gasteiger partial charge < -0.3 is 24.1 Å². The van der Waals surface area contributed by atoms with Crippen LogP contribution in [0.3, 0.4) is 0 Å². The first-order chi connectivity index (χ1) is 10.9. The third-order valence-corrected chi connectivity index (χ3v) is 2.68. The molecular formula is C15H13O8Y-. The molecule has 1 unspecified atom stereocenters. The van der Waals surface area contributed by atoms with Crippen LogP contribution in [0.15, 0.2) is 41.4 Å². The Morgan fingerprint density at radius 3 is 2.08 bits per heavy atom. The van der Waals surface area contributed by atoms with E-state index in [4.69, 9.17) is 18.9 Å². The molecule has 1 atom stereocenters. The third kappa shape index (κ3) is 5.04. The Kier molecular flexibility index (Phi) is 7.37. The van der Waals surface area contributed by atoms with Gasteiger partial charge in [-0.05, 0) is 0 Å². The Morgan fingerprint density at radius 2 is 1.50 bits per heavy atom. The maximum Gasteiger partial charge on any atom is 0.336 e. The van der Waals surface area contributed by atoms with Crippen LogP contribution in [0.25, 0.3) is 0 Å². The van der Waals surface area contributed by atoms with Gasteiger partial charge in [0.1, 0.15) is 0 Å². The number of esters is 3. The number of aliphatic hydroxyl groups excluding tert-OH is 1. The summed E-state index contributed by atoms with van der Waals surface area (Å²) < 4.78 is 19.0. The van der Waals surface area contributed by atoms with Crippen LogP contribution in [-0.2, 0) is 66.0 Å². The molecule has 2 aliphatic heterocycles. The number of rotatable bonds is 3. The van der Waals surface area contributed by atoms with E-state index in [1.165, 1.54) is 32.1 Å². The minimum Gasteiger partial charge on any atom is -0.481 e. The van der Waals surface area contributed by atoms with Gasteiger partial charge in [-0.2, -0.15) is 18.2 Å². The van der Waals surface area contributed by atoms with Crippen molar-refractivity contribution in [1.29, 1.82) is 0 Å². The summed E-state index contributed by atoms with van der Waals surface area (Å²) in [5.74, 6) is -2.89. The quantitative estimate of drug-likeness (QED) is 0.241. The van der Waals surface area contributed by atoms with E-state index >= 15 is 0 Å². The van der Waals surface area contributed by atoms with Gasteiger partial charge in [0.15, 0.2) is 0 Å². The van der Waals surface area contributed by atoms with E-state index in [1.54, 1.807) is 0 Å². The molecule has 0 aliphatic carbocycles. The number of carbonyl (C=O) groups is 3. The van der Waals surface area contributed by atoms with Crippen molar-refractivity contribution in [3.8, 4) is 0 Å². The van der Waals surface area contributed by atoms with Crippen molar-refractivity contribution in [2.45, 2.75) is 26.4 Å². The van der Waals surface area contributed by atoms with Crippen molar-refractivity contribution in [2.24, 2.45) is 0 Å². The summed E-state index contributed by atoms with van der Waals surface area (Å²) in [7, 11) is 0. The molecule has 1 saturated heterocycles. The Balaban J connectivity index is 0.00000288. The first-order valence-corrected chi connectivity index (χ1v) is 6.57. The molecule has 125 valence electrons. The van der Waals surface area contributed by atoms with Crippen molar-refractivity contribution < 1.29 is 71.1 Å². The van der Waals surface area contributed by atoms with Crippen LogP contribution >= 0.6 is 0 Å². The van der Waals surface area contributed by atoms with Crippen molar-refractivity contribution in [2.75, 3.05) is 0 Å². The molecule has 1 fully saturated rings. The zero-order valence-corrected chi connectivity index (χ0v) is 15.7. The molecule has 0 aromatic heterocycles. The molecule has 0 bridgehead atoms. The van der Waals surface area contributed by atoms with E-state index in [0.29, 0.717) is 0 Å². The molecule has 0 amide bonds. The van der Waals surface area contributed by atoms with Crippen LogP contribution in [-0.4, -0.2) is 35.6 Å². The van der Waals surface area contributed by atoms with Crippen LogP contribution in [0.2, 0.25) is 0 Å². The fourth-order valence-electron chi connectivity index (χ4n) is 1.68. The number of cyclic esters (lactones) is 3. The van der Waals surface area contributed by atoms with Crippen LogP contribution < -0.4 is 0 Å². The number of allylic oxidation sites excluding steroid dienone is 4. The van der Waals surface area contributed by atoms with E-state index < -0.39 is 36.4 Å². The summed E-state index contributed by atoms with van der Waals surface area (Å²) in [6, 6.07) is 0.